The van der Waals surface area contributed by atoms with Gasteiger partial charge in [-0.1, -0.05) is 18.2 Å². The first-order chi connectivity index (χ1) is 14.7. The van der Waals surface area contributed by atoms with Gasteiger partial charge < -0.3 is 20.1 Å². The van der Waals surface area contributed by atoms with Crippen LogP contribution in [0.2, 0.25) is 0 Å². The number of Topliss-reactive ketones (excluding diaryl/α,β-unsaturated/α-hetero) is 1. The van der Waals surface area contributed by atoms with Crippen molar-refractivity contribution in [3.63, 3.8) is 0 Å². The van der Waals surface area contributed by atoms with Gasteiger partial charge in [-0.05, 0) is 56.4 Å². The molecule has 178 valence electrons. The molecule has 32 heavy (non-hydrogen) atoms. The third-order valence-electron chi connectivity index (χ3n) is 5.15. The van der Waals surface area contributed by atoms with Gasteiger partial charge >= 0.3 is 14.0 Å². The molecular weight excluding hydrogens is 448 g/mol. The van der Waals surface area contributed by atoms with Crippen LogP contribution in [0.3, 0.4) is 0 Å². The third-order valence-corrected chi connectivity index (χ3v) is 5.62. The minimum Gasteiger partial charge on any atom is -0.345 e. The molecule has 0 aliphatic rings. The third kappa shape index (κ3) is 8.18. The van der Waals surface area contributed by atoms with Crippen LogP contribution in [0, 0.1) is 0 Å². The monoisotopic (exact) mass is 476 g/mol. The van der Waals surface area contributed by atoms with Crippen molar-refractivity contribution < 1.29 is 36.8 Å². The highest BCUT2D eigenvalue weighted by Crippen LogP contribution is 2.37. The summed E-state index contributed by atoms with van der Waals surface area (Å²) < 4.78 is 55.5. The van der Waals surface area contributed by atoms with Crippen molar-refractivity contribution in [1.29, 1.82) is 0 Å². The van der Waals surface area contributed by atoms with Crippen LogP contribution in [-0.2, 0) is 35.2 Å². The molecule has 0 fully saturated rings. The normalized spacial score (nSPS) is 14.4. The summed E-state index contributed by atoms with van der Waals surface area (Å²) >= 11 is 0. The molecule has 0 aliphatic heterocycles. The van der Waals surface area contributed by atoms with E-state index in [1.807, 2.05) is 0 Å². The SMILES string of the molecule is Cn1c(CCC(C)(N)COP(=O)(O)O)ccc1C(=O)CCCc1cccc(C(F)(F)F)c1. The standard InChI is InChI=1S/C21H28F3N2O5P/c1-20(25,14-31-32(28,29)30)12-11-17-9-10-18(26(17)2)19(27)8-4-6-15-5-3-7-16(13-15)21(22,23)24/h3,5,7,9-10,13H,4,6,8,11-12,14,25H2,1-2H3,(H2,28,29,30). The Morgan fingerprint density at radius 3 is 2.50 bits per heavy atom. The van der Waals surface area contributed by atoms with Gasteiger partial charge in [0, 0.05) is 24.7 Å². The molecule has 0 bridgehead atoms. The Morgan fingerprint density at radius 1 is 1.19 bits per heavy atom. The number of aryl methyl sites for hydroxylation is 2. The van der Waals surface area contributed by atoms with E-state index >= 15 is 0 Å². The van der Waals surface area contributed by atoms with Gasteiger partial charge in [0.15, 0.2) is 5.78 Å². The van der Waals surface area contributed by atoms with Gasteiger partial charge in [-0.15, -0.1) is 0 Å². The summed E-state index contributed by atoms with van der Waals surface area (Å²) in [6, 6.07) is 8.55. The topological polar surface area (TPSA) is 115 Å². The van der Waals surface area contributed by atoms with Crippen LogP contribution in [0.4, 0.5) is 13.2 Å². The Labute approximate surface area is 184 Å². The predicted molar refractivity (Wildman–Crippen MR) is 113 cm³/mol. The number of phosphoric ester groups is 1. The Morgan fingerprint density at radius 2 is 1.88 bits per heavy atom. The molecule has 2 aromatic rings. The van der Waals surface area contributed by atoms with Crippen molar-refractivity contribution in [2.75, 3.05) is 6.61 Å². The lowest BCUT2D eigenvalue weighted by atomic mass is 9.97. The molecule has 0 amide bonds. The van der Waals surface area contributed by atoms with E-state index in [-0.39, 0.29) is 18.8 Å². The van der Waals surface area contributed by atoms with Crippen molar-refractivity contribution in [2.45, 2.75) is 50.7 Å². The second-order valence-electron chi connectivity index (χ2n) is 8.16. The Balaban J connectivity index is 1.90. The molecule has 0 aliphatic carbocycles. The zero-order chi connectivity index (χ0) is 24.2. The van der Waals surface area contributed by atoms with Gasteiger partial charge in [-0.3, -0.25) is 9.32 Å². The number of carbonyl (C=O) groups excluding carboxylic acids is 1. The van der Waals surface area contributed by atoms with Gasteiger partial charge in [-0.2, -0.15) is 13.2 Å². The summed E-state index contributed by atoms with van der Waals surface area (Å²) in [5.41, 5.74) is 6.19. The quantitative estimate of drug-likeness (QED) is 0.334. The minimum atomic E-state index is -4.61. The maximum Gasteiger partial charge on any atom is 0.469 e. The first-order valence-electron chi connectivity index (χ1n) is 10.0. The van der Waals surface area contributed by atoms with Crippen molar-refractivity contribution in [2.24, 2.45) is 12.8 Å². The van der Waals surface area contributed by atoms with Crippen LogP contribution >= 0.6 is 7.82 Å². The molecule has 0 saturated heterocycles. The maximum atomic E-state index is 12.8. The zero-order valence-electron chi connectivity index (χ0n) is 17.9. The van der Waals surface area contributed by atoms with E-state index in [4.69, 9.17) is 15.5 Å². The van der Waals surface area contributed by atoms with E-state index in [2.05, 4.69) is 4.52 Å². The van der Waals surface area contributed by atoms with E-state index in [0.717, 1.165) is 17.8 Å². The fourth-order valence-electron chi connectivity index (χ4n) is 3.29. The number of carbonyl (C=O) groups is 1. The molecule has 1 unspecified atom stereocenters. The Bertz CT molecular complexity index is 982. The molecule has 7 nitrogen and oxygen atoms in total. The van der Waals surface area contributed by atoms with E-state index < -0.39 is 25.1 Å². The van der Waals surface area contributed by atoms with Gasteiger partial charge in [0.2, 0.25) is 0 Å². The second kappa shape index (κ2) is 10.3. The van der Waals surface area contributed by atoms with Crippen LogP contribution in [-0.4, -0.2) is 32.3 Å². The van der Waals surface area contributed by atoms with Gasteiger partial charge in [0.05, 0.1) is 17.9 Å². The van der Waals surface area contributed by atoms with Crippen molar-refractivity contribution >= 4 is 13.6 Å². The summed E-state index contributed by atoms with van der Waals surface area (Å²) in [5, 5.41) is 0. The first-order valence-corrected chi connectivity index (χ1v) is 11.5. The van der Waals surface area contributed by atoms with E-state index in [1.54, 1.807) is 36.7 Å². The lowest BCUT2D eigenvalue weighted by molar-refractivity contribution is -0.137. The second-order valence-corrected chi connectivity index (χ2v) is 9.40. The lowest BCUT2D eigenvalue weighted by Crippen LogP contribution is -2.41. The van der Waals surface area contributed by atoms with E-state index in [1.165, 1.54) is 6.07 Å². The smallest absolute Gasteiger partial charge is 0.345 e. The fraction of sp³-hybridized carbons (Fsp3) is 0.476. The van der Waals surface area contributed by atoms with Gasteiger partial charge in [0.25, 0.3) is 0 Å². The van der Waals surface area contributed by atoms with E-state index in [9.17, 15) is 22.5 Å². The average molecular weight is 476 g/mol. The van der Waals surface area contributed by atoms with Gasteiger partial charge in [0.1, 0.15) is 0 Å². The largest absolute Gasteiger partial charge is 0.469 e. The summed E-state index contributed by atoms with van der Waals surface area (Å²) in [6.45, 7) is 1.30. The summed E-state index contributed by atoms with van der Waals surface area (Å²) in [4.78, 5) is 30.2. The highest BCUT2D eigenvalue weighted by atomic mass is 31.2. The number of nitrogens with zero attached hydrogens (tertiary/aromatic N) is 1. The first kappa shape index (κ1) is 26.3. The Kier molecular flexibility index (Phi) is 8.47. The summed E-state index contributed by atoms with van der Waals surface area (Å²) in [5.74, 6) is -0.119. The molecular formula is C21H28F3N2O5P. The van der Waals surface area contributed by atoms with Crippen LogP contribution in [0.15, 0.2) is 36.4 Å². The zero-order valence-corrected chi connectivity index (χ0v) is 18.8. The molecule has 0 radical (unpaired) electrons. The van der Waals surface area contributed by atoms with Crippen LogP contribution in [0.5, 0.6) is 0 Å². The molecule has 4 N–H and O–H groups in total. The Hall–Kier alpha value is -1.97. The molecule has 1 aromatic carbocycles. The number of aromatic nitrogens is 1. The number of nitrogens with two attached hydrogens (primary N) is 1. The number of alkyl halides is 3. The number of benzene rings is 1. The fourth-order valence-corrected chi connectivity index (χ4v) is 3.75. The van der Waals surface area contributed by atoms with Crippen molar-refractivity contribution in [3.05, 3.63) is 58.9 Å². The van der Waals surface area contributed by atoms with Crippen molar-refractivity contribution in [1.82, 2.24) is 4.57 Å². The number of phosphoric acid groups is 1. The molecule has 1 heterocycles. The molecule has 0 spiro atoms. The highest BCUT2D eigenvalue weighted by Gasteiger charge is 2.30. The molecule has 0 saturated carbocycles. The minimum absolute atomic E-state index is 0.119. The molecule has 11 heteroatoms. The summed E-state index contributed by atoms with van der Waals surface area (Å²) in [7, 11) is -2.87. The number of ketones is 1. The highest BCUT2D eigenvalue weighted by molar-refractivity contribution is 7.46. The van der Waals surface area contributed by atoms with Crippen LogP contribution in [0.25, 0.3) is 0 Å². The number of hydrogen-bond donors (Lipinski definition) is 3. The number of halogens is 3. The van der Waals surface area contributed by atoms with Crippen LogP contribution in [0.1, 0.15) is 53.5 Å². The maximum absolute atomic E-state index is 12.8. The number of rotatable bonds is 11. The number of hydrogen-bond acceptors (Lipinski definition) is 4. The average Bonchev–Trinajstić information content (AvgIpc) is 3.05. The summed E-state index contributed by atoms with van der Waals surface area (Å²) in [6.07, 6.45) is -2.59. The predicted octanol–water partition coefficient (Wildman–Crippen LogP) is 4.01. The van der Waals surface area contributed by atoms with E-state index in [0.29, 0.717) is 36.9 Å². The molecule has 1 aromatic heterocycles. The van der Waals surface area contributed by atoms with Crippen LogP contribution < -0.4 is 5.73 Å². The molecule has 1 atom stereocenters. The van der Waals surface area contributed by atoms with Crippen molar-refractivity contribution in [3.8, 4) is 0 Å². The lowest BCUT2D eigenvalue weighted by Gasteiger charge is -2.24. The molecule has 2 rings (SSSR count). The van der Waals surface area contributed by atoms with Gasteiger partial charge in [-0.25, -0.2) is 4.57 Å².